The van der Waals surface area contributed by atoms with E-state index < -0.39 is 11.4 Å². The average Bonchev–Trinajstić information content (AvgIpc) is 2.90. The van der Waals surface area contributed by atoms with Crippen LogP contribution >= 0.6 is 0 Å². The van der Waals surface area contributed by atoms with Gasteiger partial charge in [0.2, 0.25) is 0 Å². The Labute approximate surface area is 117 Å². The molecular weight excluding hydrogens is 238 g/mol. The van der Waals surface area contributed by atoms with Crippen molar-refractivity contribution in [3.63, 3.8) is 0 Å². The van der Waals surface area contributed by atoms with Gasteiger partial charge in [-0.05, 0) is 57.4 Å². The maximum atomic E-state index is 11.5. The van der Waals surface area contributed by atoms with Crippen molar-refractivity contribution in [3.8, 4) is 0 Å². The van der Waals surface area contributed by atoms with Gasteiger partial charge >= 0.3 is 5.97 Å². The van der Waals surface area contributed by atoms with E-state index in [4.69, 9.17) is 0 Å². The van der Waals surface area contributed by atoms with Crippen LogP contribution in [0, 0.1) is 23.2 Å². The van der Waals surface area contributed by atoms with Crippen LogP contribution in [0.5, 0.6) is 0 Å². The summed E-state index contributed by atoms with van der Waals surface area (Å²) in [5.41, 5.74) is -0.582. The highest BCUT2D eigenvalue weighted by molar-refractivity contribution is 5.74. The summed E-state index contributed by atoms with van der Waals surface area (Å²) in [4.78, 5) is 13.8. The number of fused-ring (bicyclic) bond motifs is 2. The Kier molecular flexibility index (Phi) is 4.54. The normalized spacial score (nSPS) is 32.7. The second-order valence-electron chi connectivity index (χ2n) is 7.25. The zero-order valence-electron chi connectivity index (χ0n) is 12.7. The van der Waals surface area contributed by atoms with Crippen molar-refractivity contribution in [2.75, 3.05) is 20.1 Å². The van der Waals surface area contributed by atoms with E-state index >= 15 is 0 Å². The second-order valence-corrected chi connectivity index (χ2v) is 7.25. The third kappa shape index (κ3) is 3.31. The van der Waals surface area contributed by atoms with Gasteiger partial charge in [-0.3, -0.25) is 4.79 Å². The first-order chi connectivity index (χ1) is 8.94. The Balaban J connectivity index is 1.86. The van der Waals surface area contributed by atoms with Crippen molar-refractivity contribution in [3.05, 3.63) is 0 Å². The van der Waals surface area contributed by atoms with Crippen LogP contribution in [-0.4, -0.2) is 36.1 Å². The van der Waals surface area contributed by atoms with Gasteiger partial charge in [-0.25, -0.2) is 0 Å². The smallest absolute Gasteiger partial charge is 0.310 e. The molecule has 19 heavy (non-hydrogen) atoms. The van der Waals surface area contributed by atoms with Gasteiger partial charge in [0.15, 0.2) is 0 Å². The van der Waals surface area contributed by atoms with Crippen molar-refractivity contribution < 1.29 is 9.90 Å². The molecule has 2 bridgehead atoms. The molecule has 3 heteroatoms. The van der Waals surface area contributed by atoms with Crippen LogP contribution in [0.25, 0.3) is 0 Å². The molecule has 0 aromatic carbocycles. The number of carboxylic acids is 1. The lowest BCUT2D eigenvalue weighted by Gasteiger charge is -2.33. The average molecular weight is 267 g/mol. The molecule has 0 aromatic rings. The molecule has 2 fully saturated rings. The fraction of sp³-hybridized carbons (Fsp3) is 0.938. The van der Waals surface area contributed by atoms with Crippen LogP contribution in [-0.2, 0) is 4.79 Å². The third-order valence-corrected chi connectivity index (χ3v) is 5.37. The van der Waals surface area contributed by atoms with Gasteiger partial charge in [0.1, 0.15) is 0 Å². The summed E-state index contributed by atoms with van der Waals surface area (Å²) in [6.07, 6.45) is 7.37. The van der Waals surface area contributed by atoms with E-state index in [0.717, 1.165) is 37.1 Å². The molecule has 110 valence electrons. The fourth-order valence-electron chi connectivity index (χ4n) is 4.47. The van der Waals surface area contributed by atoms with Gasteiger partial charge in [0.05, 0.1) is 5.41 Å². The molecule has 0 aromatic heterocycles. The third-order valence-electron chi connectivity index (χ3n) is 5.37. The predicted octanol–water partition coefficient (Wildman–Crippen LogP) is 3.25. The molecule has 4 atom stereocenters. The molecule has 0 aliphatic heterocycles. The molecule has 1 N–H and O–H groups in total. The molecule has 0 heterocycles. The largest absolute Gasteiger partial charge is 0.481 e. The van der Waals surface area contributed by atoms with E-state index in [-0.39, 0.29) is 0 Å². The minimum absolute atomic E-state index is 0.582. The highest BCUT2D eigenvalue weighted by Crippen LogP contribution is 2.48. The van der Waals surface area contributed by atoms with E-state index in [2.05, 4.69) is 18.9 Å². The molecule has 2 aliphatic carbocycles. The van der Waals surface area contributed by atoms with Crippen molar-refractivity contribution >= 4 is 5.97 Å². The Morgan fingerprint density at radius 3 is 2.58 bits per heavy atom. The first-order valence-electron chi connectivity index (χ1n) is 7.86. The van der Waals surface area contributed by atoms with E-state index in [1.165, 1.54) is 25.7 Å². The number of hydrogen-bond donors (Lipinski definition) is 1. The van der Waals surface area contributed by atoms with E-state index in [1.807, 2.05) is 6.92 Å². The number of nitrogens with zero attached hydrogens (tertiary/aromatic N) is 1. The van der Waals surface area contributed by atoms with Crippen LogP contribution in [0.2, 0.25) is 0 Å². The fourth-order valence-corrected chi connectivity index (χ4v) is 4.47. The van der Waals surface area contributed by atoms with E-state index in [0.29, 0.717) is 6.54 Å². The van der Waals surface area contributed by atoms with Crippen molar-refractivity contribution in [1.82, 2.24) is 4.90 Å². The lowest BCUT2D eigenvalue weighted by atomic mass is 9.84. The summed E-state index contributed by atoms with van der Waals surface area (Å²) in [5.74, 6) is 2.08. The van der Waals surface area contributed by atoms with Gasteiger partial charge in [0.25, 0.3) is 0 Å². The van der Waals surface area contributed by atoms with E-state index in [1.54, 1.807) is 0 Å². The Morgan fingerprint density at radius 1 is 1.37 bits per heavy atom. The molecule has 2 rings (SSSR count). The summed E-state index contributed by atoms with van der Waals surface area (Å²) in [5, 5.41) is 9.45. The SMILES string of the molecule is CCCC(C)(CN(C)CC1CC2CCC1C2)C(=O)O. The predicted molar refractivity (Wildman–Crippen MR) is 77.1 cm³/mol. The van der Waals surface area contributed by atoms with Gasteiger partial charge in [-0.1, -0.05) is 19.8 Å². The number of carboxylic acid groups (broad SMARTS) is 1. The summed E-state index contributed by atoms with van der Waals surface area (Å²) in [6.45, 7) is 5.74. The number of rotatable bonds is 7. The van der Waals surface area contributed by atoms with Crippen LogP contribution in [0.3, 0.4) is 0 Å². The molecule has 4 unspecified atom stereocenters. The molecule has 0 spiro atoms. The van der Waals surface area contributed by atoms with Crippen LogP contribution in [0.4, 0.5) is 0 Å². The summed E-state index contributed by atoms with van der Waals surface area (Å²) in [7, 11) is 2.10. The quantitative estimate of drug-likeness (QED) is 0.770. The molecule has 0 saturated heterocycles. The van der Waals surface area contributed by atoms with Crippen LogP contribution in [0.15, 0.2) is 0 Å². The summed E-state index contributed by atoms with van der Waals surface area (Å²) < 4.78 is 0. The highest BCUT2D eigenvalue weighted by Gasteiger charge is 2.40. The molecule has 2 saturated carbocycles. The monoisotopic (exact) mass is 267 g/mol. The molecule has 0 radical (unpaired) electrons. The first kappa shape index (κ1) is 14.8. The maximum Gasteiger partial charge on any atom is 0.310 e. The van der Waals surface area contributed by atoms with Gasteiger partial charge < -0.3 is 10.0 Å². The minimum atomic E-state index is -0.644. The minimum Gasteiger partial charge on any atom is -0.481 e. The van der Waals surface area contributed by atoms with Gasteiger partial charge in [-0.2, -0.15) is 0 Å². The standard InChI is InChI=1S/C16H29NO2/c1-4-7-16(2,15(18)19)11-17(3)10-14-9-12-5-6-13(14)8-12/h12-14H,4-11H2,1-3H3,(H,18,19). The second kappa shape index (κ2) is 5.82. The van der Waals surface area contributed by atoms with E-state index in [9.17, 15) is 9.90 Å². The molecule has 0 amide bonds. The molecule has 2 aliphatic rings. The lowest BCUT2D eigenvalue weighted by Crippen LogP contribution is -2.41. The van der Waals surface area contributed by atoms with Crippen LogP contribution in [0.1, 0.15) is 52.4 Å². The zero-order valence-corrected chi connectivity index (χ0v) is 12.7. The van der Waals surface area contributed by atoms with Gasteiger partial charge in [-0.15, -0.1) is 0 Å². The van der Waals surface area contributed by atoms with Crippen molar-refractivity contribution in [2.24, 2.45) is 23.2 Å². The number of carbonyl (C=O) groups is 1. The Hall–Kier alpha value is -0.570. The molecular formula is C16H29NO2. The maximum absolute atomic E-state index is 11.5. The Bertz CT molecular complexity index is 331. The lowest BCUT2D eigenvalue weighted by molar-refractivity contribution is -0.149. The van der Waals surface area contributed by atoms with Crippen LogP contribution < -0.4 is 0 Å². The van der Waals surface area contributed by atoms with Gasteiger partial charge in [0, 0.05) is 13.1 Å². The summed E-state index contributed by atoms with van der Waals surface area (Å²) >= 11 is 0. The van der Waals surface area contributed by atoms with Crippen molar-refractivity contribution in [2.45, 2.75) is 52.4 Å². The number of hydrogen-bond acceptors (Lipinski definition) is 2. The topological polar surface area (TPSA) is 40.5 Å². The Morgan fingerprint density at radius 2 is 2.11 bits per heavy atom. The zero-order chi connectivity index (χ0) is 14.0. The first-order valence-corrected chi connectivity index (χ1v) is 7.86. The summed E-state index contributed by atoms with van der Waals surface area (Å²) in [6, 6.07) is 0. The number of aliphatic carboxylic acids is 1. The molecule has 3 nitrogen and oxygen atoms in total. The van der Waals surface area contributed by atoms with Crippen molar-refractivity contribution in [1.29, 1.82) is 0 Å². The highest BCUT2D eigenvalue weighted by atomic mass is 16.4.